The van der Waals surface area contributed by atoms with Crippen LogP contribution in [0.4, 0.5) is 10.2 Å². The molecule has 0 unspecified atom stereocenters. The molecule has 2 N–H and O–H groups in total. The van der Waals surface area contributed by atoms with Crippen molar-refractivity contribution in [1.82, 2.24) is 9.97 Å². The average Bonchev–Trinajstić information content (AvgIpc) is 2.42. The predicted molar refractivity (Wildman–Crippen MR) is 64.6 cm³/mol. The van der Waals surface area contributed by atoms with Gasteiger partial charge < -0.3 is 15.2 Å². The third-order valence-corrected chi connectivity index (χ3v) is 2.31. The Morgan fingerprint density at radius 3 is 2.89 bits per heavy atom. The molecule has 2 aromatic rings. The van der Waals surface area contributed by atoms with Crippen molar-refractivity contribution in [1.29, 1.82) is 0 Å². The van der Waals surface area contributed by atoms with E-state index in [4.69, 9.17) is 9.84 Å². The second-order valence-electron chi connectivity index (χ2n) is 3.52. The zero-order valence-electron chi connectivity index (χ0n) is 9.92. The molecule has 7 heteroatoms. The van der Waals surface area contributed by atoms with E-state index in [0.717, 1.165) is 6.20 Å². The van der Waals surface area contributed by atoms with Gasteiger partial charge >= 0.3 is 6.01 Å². The van der Waals surface area contributed by atoms with Crippen molar-refractivity contribution in [2.75, 3.05) is 12.4 Å². The summed E-state index contributed by atoms with van der Waals surface area (Å²) >= 11 is 0. The van der Waals surface area contributed by atoms with Crippen LogP contribution in [0.1, 0.15) is 10.4 Å². The third-order valence-electron chi connectivity index (χ3n) is 2.31. The molecule has 6 nitrogen and oxygen atoms in total. The number of hydrogen-bond donors (Lipinski definition) is 2. The number of aromatic hydroxyl groups is 1. The van der Waals surface area contributed by atoms with E-state index in [-0.39, 0.29) is 5.56 Å². The smallest absolute Gasteiger partial charge is 0.316 e. The Morgan fingerprint density at radius 1 is 1.42 bits per heavy atom. The minimum atomic E-state index is -0.846. The monoisotopic (exact) mass is 263 g/mol. The van der Waals surface area contributed by atoms with Crippen LogP contribution < -0.4 is 10.1 Å². The van der Waals surface area contributed by atoms with Crippen molar-refractivity contribution in [3.05, 3.63) is 41.8 Å². The number of hydrogen-bond acceptors (Lipinski definition) is 5. The number of aromatic nitrogens is 2. The molecule has 0 saturated heterocycles. The fourth-order valence-electron chi connectivity index (χ4n) is 1.45. The minimum absolute atomic E-state index is 0.225. The summed E-state index contributed by atoms with van der Waals surface area (Å²) < 4.78 is 18.4. The summed E-state index contributed by atoms with van der Waals surface area (Å²) in [6.07, 6.45) is 0.764. The molecule has 0 fully saturated rings. The van der Waals surface area contributed by atoms with Gasteiger partial charge in [-0.3, -0.25) is 4.79 Å². The van der Waals surface area contributed by atoms with Gasteiger partial charge in [0.1, 0.15) is 5.75 Å². The quantitative estimate of drug-likeness (QED) is 0.878. The van der Waals surface area contributed by atoms with Crippen LogP contribution in [0, 0.1) is 5.82 Å². The number of ether oxygens (including phenoxy) is 1. The zero-order chi connectivity index (χ0) is 13.8. The molecular weight excluding hydrogens is 253 g/mol. The lowest BCUT2D eigenvalue weighted by molar-refractivity contribution is 0.102. The third kappa shape index (κ3) is 2.76. The molecule has 98 valence electrons. The Hall–Kier alpha value is -2.70. The van der Waals surface area contributed by atoms with Crippen LogP contribution in [0.5, 0.6) is 11.8 Å². The standard InChI is InChI=1S/C12H10FN3O3/c1-19-9-5-3-2-4-7(9)11(17)15-10-8(13)6-14-12(18)16-10/h2-6H,1H3,(H2,14,15,16,17,18). The summed E-state index contributed by atoms with van der Waals surface area (Å²) in [5.74, 6) is -1.50. The highest BCUT2D eigenvalue weighted by Crippen LogP contribution is 2.19. The number of methoxy groups -OCH3 is 1. The van der Waals surface area contributed by atoms with Crippen molar-refractivity contribution in [3.63, 3.8) is 0 Å². The molecule has 1 heterocycles. The van der Waals surface area contributed by atoms with Gasteiger partial charge in [0, 0.05) is 0 Å². The summed E-state index contributed by atoms with van der Waals surface area (Å²) in [6.45, 7) is 0. The van der Waals surface area contributed by atoms with Gasteiger partial charge in [-0.05, 0) is 12.1 Å². The second kappa shape index (κ2) is 5.30. The molecule has 0 atom stereocenters. The number of para-hydroxylation sites is 1. The zero-order valence-corrected chi connectivity index (χ0v) is 9.92. The minimum Gasteiger partial charge on any atom is -0.496 e. The van der Waals surface area contributed by atoms with E-state index in [9.17, 15) is 9.18 Å². The first-order valence-corrected chi connectivity index (χ1v) is 5.27. The highest BCUT2D eigenvalue weighted by molar-refractivity contribution is 6.05. The summed E-state index contributed by atoms with van der Waals surface area (Å²) in [5.41, 5.74) is 0.225. The van der Waals surface area contributed by atoms with Crippen LogP contribution in [-0.4, -0.2) is 28.1 Å². The lowest BCUT2D eigenvalue weighted by Gasteiger charge is -2.08. The highest BCUT2D eigenvalue weighted by Gasteiger charge is 2.15. The number of carbonyl (C=O) groups excluding carboxylic acids is 1. The molecule has 1 amide bonds. The van der Waals surface area contributed by atoms with Crippen LogP contribution in [0.2, 0.25) is 0 Å². The molecule has 2 rings (SSSR count). The maximum Gasteiger partial charge on any atom is 0.316 e. The van der Waals surface area contributed by atoms with Crippen LogP contribution >= 0.6 is 0 Å². The number of amides is 1. The Bertz CT molecular complexity index is 619. The van der Waals surface area contributed by atoms with Crippen LogP contribution in [0.25, 0.3) is 0 Å². The summed E-state index contributed by atoms with van der Waals surface area (Å²) in [6, 6.07) is 5.84. The molecular formula is C12H10FN3O3. The van der Waals surface area contributed by atoms with Crippen LogP contribution in [-0.2, 0) is 0 Å². The van der Waals surface area contributed by atoms with Crippen LogP contribution in [0.3, 0.4) is 0 Å². The van der Waals surface area contributed by atoms with Crippen molar-refractivity contribution in [2.45, 2.75) is 0 Å². The molecule has 0 bridgehead atoms. The second-order valence-corrected chi connectivity index (χ2v) is 3.52. The van der Waals surface area contributed by atoms with Crippen molar-refractivity contribution < 1.29 is 19.0 Å². The fraction of sp³-hybridized carbons (Fsp3) is 0.0833. The summed E-state index contributed by atoms with van der Waals surface area (Å²) in [5, 5.41) is 11.3. The fourth-order valence-corrected chi connectivity index (χ4v) is 1.45. The van der Waals surface area contributed by atoms with Gasteiger partial charge in [0.05, 0.1) is 18.9 Å². The van der Waals surface area contributed by atoms with Gasteiger partial charge in [-0.1, -0.05) is 12.1 Å². The van der Waals surface area contributed by atoms with E-state index in [0.29, 0.717) is 5.75 Å². The van der Waals surface area contributed by atoms with Crippen molar-refractivity contribution in [3.8, 4) is 11.8 Å². The first-order valence-electron chi connectivity index (χ1n) is 5.27. The van der Waals surface area contributed by atoms with Gasteiger partial charge in [-0.25, -0.2) is 9.37 Å². The normalized spacial score (nSPS) is 10.0. The number of nitrogens with zero attached hydrogens (tertiary/aromatic N) is 2. The lowest BCUT2D eigenvalue weighted by atomic mass is 10.2. The van der Waals surface area contributed by atoms with E-state index in [1.54, 1.807) is 18.2 Å². The predicted octanol–water partition coefficient (Wildman–Crippen LogP) is 1.58. The molecule has 0 aliphatic carbocycles. The number of nitrogens with one attached hydrogen (secondary N) is 1. The molecule has 0 aliphatic rings. The van der Waals surface area contributed by atoms with Crippen molar-refractivity contribution in [2.24, 2.45) is 0 Å². The van der Waals surface area contributed by atoms with Gasteiger partial charge in [0.15, 0.2) is 11.6 Å². The molecule has 0 saturated carbocycles. The maximum atomic E-state index is 13.3. The van der Waals surface area contributed by atoms with E-state index in [2.05, 4.69) is 15.3 Å². The molecule has 1 aromatic heterocycles. The number of benzene rings is 1. The Balaban J connectivity index is 2.28. The van der Waals surface area contributed by atoms with Gasteiger partial charge in [0.25, 0.3) is 5.91 Å². The van der Waals surface area contributed by atoms with Crippen LogP contribution in [0.15, 0.2) is 30.5 Å². The Morgan fingerprint density at radius 2 is 2.16 bits per heavy atom. The van der Waals surface area contributed by atoms with E-state index >= 15 is 0 Å². The summed E-state index contributed by atoms with van der Waals surface area (Å²) in [4.78, 5) is 18.6. The largest absolute Gasteiger partial charge is 0.496 e. The molecule has 0 spiro atoms. The number of halogens is 1. The Kier molecular flexibility index (Phi) is 3.56. The maximum absolute atomic E-state index is 13.3. The number of carbonyl (C=O) groups is 1. The van der Waals surface area contributed by atoms with Gasteiger partial charge in [-0.15, -0.1) is 0 Å². The molecule has 0 aliphatic heterocycles. The topological polar surface area (TPSA) is 84.3 Å². The van der Waals surface area contributed by atoms with Gasteiger partial charge in [-0.2, -0.15) is 4.98 Å². The first kappa shape index (κ1) is 12.7. The number of rotatable bonds is 3. The first-order chi connectivity index (χ1) is 9.11. The molecule has 1 aromatic carbocycles. The van der Waals surface area contributed by atoms with E-state index < -0.39 is 23.6 Å². The van der Waals surface area contributed by atoms with E-state index in [1.807, 2.05) is 0 Å². The number of anilines is 1. The average molecular weight is 263 g/mol. The SMILES string of the molecule is COc1ccccc1C(=O)Nc1nc(O)ncc1F. The van der Waals surface area contributed by atoms with E-state index in [1.165, 1.54) is 13.2 Å². The molecule has 19 heavy (non-hydrogen) atoms. The van der Waals surface area contributed by atoms with Gasteiger partial charge in [0.2, 0.25) is 0 Å². The Labute approximate surface area is 107 Å². The summed E-state index contributed by atoms with van der Waals surface area (Å²) in [7, 11) is 1.42. The molecule has 0 radical (unpaired) electrons. The lowest BCUT2D eigenvalue weighted by Crippen LogP contribution is -2.15. The van der Waals surface area contributed by atoms with Crippen molar-refractivity contribution >= 4 is 11.7 Å². The highest BCUT2D eigenvalue weighted by atomic mass is 19.1.